The highest BCUT2D eigenvalue weighted by molar-refractivity contribution is 4.80. The minimum Gasteiger partial charge on any atom is -0.389 e. The zero-order valence-corrected chi connectivity index (χ0v) is 9.64. The average molecular weight is 200 g/mol. The highest BCUT2D eigenvalue weighted by Crippen LogP contribution is 2.11. The summed E-state index contributed by atoms with van der Waals surface area (Å²) in [7, 11) is 0. The minimum atomic E-state index is -0.600. The van der Waals surface area contributed by atoms with E-state index in [-0.39, 0.29) is 0 Å². The molecule has 0 aromatic heterocycles. The van der Waals surface area contributed by atoms with Gasteiger partial charge in [-0.1, -0.05) is 0 Å². The Morgan fingerprint density at radius 1 is 1.57 bits per heavy atom. The maximum atomic E-state index is 9.55. The maximum absolute atomic E-state index is 9.55. The van der Waals surface area contributed by atoms with E-state index in [1.54, 1.807) is 0 Å². The molecule has 1 heterocycles. The normalized spacial score (nSPS) is 25.3. The maximum Gasteiger partial charge on any atom is 0.0715 e. The van der Waals surface area contributed by atoms with Gasteiger partial charge in [0.25, 0.3) is 0 Å². The third-order valence-corrected chi connectivity index (χ3v) is 2.68. The Balaban J connectivity index is 2.12. The molecule has 14 heavy (non-hydrogen) atoms. The fourth-order valence-corrected chi connectivity index (χ4v) is 1.89. The Labute approximate surface area is 87.3 Å². The highest BCUT2D eigenvalue weighted by Gasteiger charge is 2.18. The molecule has 1 fully saturated rings. The summed E-state index contributed by atoms with van der Waals surface area (Å²) >= 11 is 0. The third-order valence-electron chi connectivity index (χ3n) is 2.68. The van der Waals surface area contributed by atoms with Crippen molar-refractivity contribution in [1.29, 1.82) is 0 Å². The van der Waals surface area contributed by atoms with Crippen molar-refractivity contribution in [2.45, 2.75) is 57.7 Å². The second-order valence-corrected chi connectivity index (χ2v) is 5.12. The lowest BCUT2D eigenvalue weighted by molar-refractivity contribution is 0.0763. The van der Waals surface area contributed by atoms with E-state index in [4.69, 9.17) is 0 Å². The van der Waals surface area contributed by atoms with Crippen LogP contribution in [0, 0.1) is 0 Å². The lowest BCUT2D eigenvalue weighted by Gasteiger charge is -2.23. The second kappa shape index (κ2) is 5.10. The van der Waals surface area contributed by atoms with Crippen molar-refractivity contribution in [3.8, 4) is 0 Å². The molecule has 0 radical (unpaired) electrons. The van der Waals surface area contributed by atoms with Gasteiger partial charge < -0.3 is 15.7 Å². The van der Waals surface area contributed by atoms with Crippen LogP contribution in [0.4, 0.5) is 0 Å². The zero-order chi connectivity index (χ0) is 10.6. The lowest BCUT2D eigenvalue weighted by atomic mass is 10.1. The summed E-state index contributed by atoms with van der Waals surface area (Å²) in [4.78, 5) is 0. The summed E-state index contributed by atoms with van der Waals surface area (Å²) in [6.07, 6.45) is 3.77. The smallest absolute Gasteiger partial charge is 0.0715 e. The molecular weight excluding hydrogens is 176 g/mol. The van der Waals surface area contributed by atoms with E-state index in [9.17, 15) is 5.11 Å². The molecule has 3 nitrogen and oxygen atoms in total. The molecule has 2 atom stereocenters. The third kappa shape index (κ3) is 4.94. The van der Waals surface area contributed by atoms with Gasteiger partial charge in [-0.25, -0.2) is 0 Å². The van der Waals surface area contributed by atoms with E-state index < -0.39 is 5.60 Å². The van der Waals surface area contributed by atoms with Gasteiger partial charge in [-0.15, -0.1) is 0 Å². The first-order valence-corrected chi connectivity index (χ1v) is 5.66. The lowest BCUT2D eigenvalue weighted by Crippen LogP contribution is -2.41. The monoisotopic (exact) mass is 200 g/mol. The van der Waals surface area contributed by atoms with E-state index in [1.807, 2.05) is 13.8 Å². The van der Waals surface area contributed by atoms with Crippen molar-refractivity contribution < 1.29 is 5.11 Å². The quantitative estimate of drug-likeness (QED) is 0.617. The largest absolute Gasteiger partial charge is 0.389 e. The van der Waals surface area contributed by atoms with Crippen LogP contribution in [0.15, 0.2) is 0 Å². The molecule has 0 bridgehead atoms. The first-order valence-electron chi connectivity index (χ1n) is 5.66. The Kier molecular flexibility index (Phi) is 4.35. The van der Waals surface area contributed by atoms with Crippen LogP contribution in [-0.2, 0) is 0 Å². The van der Waals surface area contributed by atoms with Crippen LogP contribution >= 0.6 is 0 Å². The van der Waals surface area contributed by atoms with Crippen LogP contribution in [0.1, 0.15) is 40.0 Å². The Morgan fingerprint density at radius 3 is 2.79 bits per heavy atom. The van der Waals surface area contributed by atoms with Gasteiger partial charge in [0.15, 0.2) is 0 Å². The van der Waals surface area contributed by atoms with E-state index in [0.29, 0.717) is 18.6 Å². The van der Waals surface area contributed by atoms with Crippen LogP contribution < -0.4 is 10.6 Å². The van der Waals surface area contributed by atoms with Crippen molar-refractivity contribution in [2.75, 3.05) is 13.1 Å². The van der Waals surface area contributed by atoms with E-state index in [0.717, 1.165) is 6.42 Å². The Hall–Kier alpha value is -0.120. The predicted molar refractivity (Wildman–Crippen MR) is 59.4 cm³/mol. The molecule has 1 aliphatic rings. The van der Waals surface area contributed by atoms with Gasteiger partial charge in [-0.2, -0.15) is 0 Å². The standard InChI is InChI=1S/C11H24N2O/c1-9(13-8-11(2,3)14)7-10-5-4-6-12-10/h9-10,12-14H,4-8H2,1-3H3. The highest BCUT2D eigenvalue weighted by atomic mass is 16.3. The summed E-state index contributed by atoms with van der Waals surface area (Å²) in [5.74, 6) is 0. The van der Waals surface area contributed by atoms with E-state index in [2.05, 4.69) is 17.6 Å². The molecular formula is C11H24N2O. The number of rotatable bonds is 5. The summed E-state index contributed by atoms with van der Waals surface area (Å²) in [5.41, 5.74) is -0.600. The van der Waals surface area contributed by atoms with Gasteiger partial charge in [-0.05, 0) is 46.6 Å². The Bertz CT molecular complexity index is 159. The van der Waals surface area contributed by atoms with E-state index in [1.165, 1.54) is 19.4 Å². The van der Waals surface area contributed by atoms with Crippen LogP contribution in [0.25, 0.3) is 0 Å². The second-order valence-electron chi connectivity index (χ2n) is 5.12. The molecule has 0 spiro atoms. The first kappa shape index (κ1) is 12.0. The molecule has 1 rings (SSSR count). The van der Waals surface area contributed by atoms with Crippen molar-refractivity contribution in [1.82, 2.24) is 10.6 Å². The van der Waals surface area contributed by atoms with Gasteiger partial charge in [0.1, 0.15) is 0 Å². The van der Waals surface area contributed by atoms with Gasteiger partial charge in [0.2, 0.25) is 0 Å². The fraction of sp³-hybridized carbons (Fsp3) is 1.00. The van der Waals surface area contributed by atoms with Gasteiger partial charge in [0.05, 0.1) is 5.60 Å². The van der Waals surface area contributed by atoms with Crippen LogP contribution in [0.3, 0.4) is 0 Å². The Morgan fingerprint density at radius 2 is 2.29 bits per heavy atom. The molecule has 0 aromatic rings. The van der Waals surface area contributed by atoms with Crippen molar-refractivity contribution in [3.05, 3.63) is 0 Å². The summed E-state index contributed by atoms with van der Waals surface area (Å²) in [6.45, 7) is 7.69. The average Bonchev–Trinajstić information content (AvgIpc) is 2.52. The predicted octanol–water partition coefficient (Wildman–Crippen LogP) is 0.877. The molecule has 1 saturated heterocycles. The van der Waals surface area contributed by atoms with Crippen LogP contribution in [0.2, 0.25) is 0 Å². The first-order chi connectivity index (χ1) is 6.47. The van der Waals surface area contributed by atoms with Crippen molar-refractivity contribution in [2.24, 2.45) is 0 Å². The molecule has 0 saturated carbocycles. The topological polar surface area (TPSA) is 44.3 Å². The number of aliphatic hydroxyl groups is 1. The zero-order valence-electron chi connectivity index (χ0n) is 9.64. The van der Waals surface area contributed by atoms with Crippen LogP contribution in [-0.4, -0.2) is 35.9 Å². The molecule has 0 aromatic carbocycles. The number of hydrogen-bond acceptors (Lipinski definition) is 3. The summed E-state index contributed by atoms with van der Waals surface area (Å²) in [5, 5.41) is 16.4. The van der Waals surface area contributed by atoms with Gasteiger partial charge in [-0.3, -0.25) is 0 Å². The molecule has 3 N–H and O–H groups in total. The van der Waals surface area contributed by atoms with Crippen molar-refractivity contribution in [3.63, 3.8) is 0 Å². The fourth-order valence-electron chi connectivity index (χ4n) is 1.89. The van der Waals surface area contributed by atoms with Crippen LogP contribution in [0.5, 0.6) is 0 Å². The molecule has 0 amide bonds. The summed E-state index contributed by atoms with van der Waals surface area (Å²) < 4.78 is 0. The molecule has 3 heteroatoms. The molecule has 1 aliphatic heterocycles. The summed E-state index contributed by atoms with van der Waals surface area (Å²) in [6, 6.07) is 1.16. The van der Waals surface area contributed by atoms with E-state index >= 15 is 0 Å². The number of hydrogen-bond donors (Lipinski definition) is 3. The molecule has 0 aliphatic carbocycles. The number of nitrogens with one attached hydrogen (secondary N) is 2. The van der Waals surface area contributed by atoms with Gasteiger partial charge in [0, 0.05) is 18.6 Å². The van der Waals surface area contributed by atoms with Gasteiger partial charge >= 0.3 is 0 Å². The molecule has 84 valence electrons. The minimum absolute atomic E-state index is 0.483. The SMILES string of the molecule is CC(CC1CCCN1)NCC(C)(C)O. The molecule has 2 unspecified atom stereocenters. The van der Waals surface area contributed by atoms with Crippen molar-refractivity contribution >= 4 is 0 Å².